The SMILES string of the molecule is CNCC1CCCN(C(=O)C2Cc3ccccc3CN2C(=O)c2ccco2)C1.Cl. The van der Waals surface area contributed by atoms with Crippen molar-refractivity contribution in [3.63, 3.8) is 0 Å². The Morgan fingerprint density at radius 3 is 2.69 bits per heavy atom. The minimum Gasteiger partial charge on any atom is -0.459 e. The molecule has 0 spiro atoms. The second kappa shape index (κ2) is 9.46. The number of amides is 2. The van der Waals surface area contributed by atoms with Crippen molar-refractivity contribution < 1.29 is 14.0 Å². The number of rotatable bonds is 4. The lowest BCUT2D eigenvalue weighted by atomic mass is 9.91. The van der Waals surface area contributed by atoms with Gasteiger partial charge in [0.25, 0.3) is 5.91 Å². The third-order valence-corrected chi connectivity index (χ3v) is 5.85. The van der Waals surface area contributed by atoms with Gasteiger partial charge in [0, 0.05) is 26.1 Å². The Labute approximate surface area is 177 Å². The molecule has 3 heterocycles. The molecule has 0 aliphatic carbocycles. The van der Waals surface area contributed by atoms with Crippen LogP contribution in [0.1, 0.15) is 34.5 Å². The normalized spacial score (nSPS) is 21.3. The van der Waals surface area contributed by atoms with Gasteiger partial charge in [-0.25, -0.2) is 0 Å². The summed E-state index contributed by atoms with van der Waals surface area (Å²) in [5, 5.41) is 3.22. The summed E-state index contributed by atoms with van der Waals surface area (Å²) < 4.78 is 5.33. The number of nitrogens with zero attached hydrogens (tertiary/aromatic N) is 2. The van der Waals surface area contributed by atoms with Crippen molar-refractivity contribution in [2.45, 2.75) is 31.8 Å². The minimum atomic E-state index is -0.485. The number of carbonyl (C=O) groups is 2. The molecule has 2 aliphatic rings. The summed E-state index contributed by atoms with van der Waals surface area (Å²) in [5.41, 5.74) is 2.24. The van der Waals surface area contributed by atoms with Crippen LogP contribution in [-0.4, -0.2) is 54.3 Å². The van der Waals surface area contributed by atoms with E-state index in [2.05, 4.69) is 11.4 Å². The lowest BCUT2D eigenvalue weighted by Gasteiger charge is -2.40. The summed E-state index contributed by atoms with van der Waals surface area (Å²) in [7, 11) is 1.95. The zero-order valence-corrected chi connectivity index (χ0v) is 17.5. The smallest absolute Gasteiger partial charge is 0.290 e. The molecule has 6 nitrogen and oxygen atoms in total. The second-order valence-corrected chi connectivity index (χ2v) is 7.75. The van der Waals surface area contributed by atoms with Gasteiger partial charge in [-0.2, -0.15) is 0 Å². The van der Waals surface area contributed by atoms with Crippen LogP contribution in [0.5, 0.6) is 0 Å². The standard InChI is InChI=1S/C22H27N3O3.ClH/c1-23-13-16-6-4-10-24(14-16)21(26)19-12-17-7-2-3-8-18(17)15-25(19)22(27)20-9-5-11-28-20;/h2-3,5,7-9,11,16,19,23H,4,6,10,12-15H2,1H3;1H. The fourth-order valence-corrected chi connectivity index (χ4v) is 4.43. The van der Waals surface area contributed by atoms with Crippen molar-refractivity contribution in [1.29, 1.82) is 0 Å². The van der Waals surface area contributed by atoms with Crippen LogP contribution >= 0.6 is 12.4 Å². The quantitative estimate of drug-likeness (QED) is 0.830. The Morgan fingerprint density at radius 1 is 1.17 bits per heavy atom. The van der Waals surface area contributed by atoms with E-state index in [0.717, 1.165) is 43.6 Å². The van der Waals surface area contributed by atoms with Crippen molar-refractivity contribution in [2.75, 3.05) is 26.7 Å². The predicted molar refractivity (Wildman–Crippen MR) is 113 cm³/mol. The zero-order valence-electron chi connectivity index (χ0n) is 16.7. The molecular weight excluding hydrogens is 390 g/mol. The van der Waals surface area contributed by atoms with Gasteiger partial charge in [0.2, 0.25) is 5.91 Å². The first-order valence-electron chi connectivity index (χ1n) is 10.0. The monoisotopic (exact) mass is 417 g/mol. The highest BCUT2D eigenvalue weighted by Crippen LogP contribution is 2.27. The third kappa shape index (κ3) is 4.49. The van der Waals surface area contributed by atoms with Crippen LogP contribution < -0.4 is 5.32 Å². The summed E-state index contributed by atoms with van der Waals surface area (Å²) in [6, 6.07) is 10.9. The molecule has 2 unspecified atom stereocenters. The highest BCUT2D eigenvalue weighted by Gasteiger charge is 2.39. The first kappa shape index (κ1) is 21.4. The lowest BCUT2D eigenvalue weighted by Crippen LogP contribution is -2.55. The van der Waals surface area contributed by atoms with Crippen LogP contribution in [-0.2, 0) is 17.8 Å². The van der Waals surface area contributed by atoms with E-state index >= 15 is 0 Å². The number of hydrogen-bond donors (Lipinski definition) is 1. The summed E-state index contributed by atoms with van der Waals surface area (Å²) in [5.74, 6) is 0.577. The molecule has 0 saturated carbocycles. The molecule has 2 aliphatic heterocycles. The van der Waals surface area contributed by atoms with Gasteiger partial charge in [-0.1, -0.05) is 24.3 Å². The molecule has 156 valence electrons. The molecule has 1 aromatic heterocycles. The molecule has 4 rings (SSSR count). The molecule has 2 amide bonds. The summed E-state index contributed by atoms with van der Waals surface area (Å²) >= 11 is 0. The number of fused-ring (bicyclic) bond motifs is 1. The van der Waals surface area contributed by atoms with Gasteiger partial charge in [-0.3, -0.25) is 9.59 Å². The van der Waals surface area contributed by atoms with E-state index in [1.165, 1.54) is 6.26 Å². The summed E-state index contributed by atoms with van der Waals surface area (Å²) in [6.07, 6.45) is 4.18. The van der Waals surface area contributed by atoms with Gasteiger partial charge in [-0.05, 0) is 55.6 Å². The molecule has 1 aromatic carbocycles. The number of likely N-dealkylation sites (tertiary alicyclic amines) is 1. The molecular formula is C22H28ClN3O3. The molecule has 7 heteroatoms. The molecule has 2 aromatic rings. The van der Waals surface area contributed by atoms with Crippen LogP contribution in [0.3, 0.4) is 0 Å². The van der Waals surface area contributed by atoms with Gasteiger partial charge in [0.15, 0.2) is 5.76 Å². The molecule has 0 radical (unpaired) electrons. The van der Waals surface area contributed by atoms with Crippen molar-refractivity contribution >= 4 is 24.2 Å². The maximum Gasteiger partial charge on any atom is 0.290 e. The van der Waals surface area contributed by atoms with Gasteiger partial charge in [-0.15, -0.1) is 12.4 Å². The van der Waals surface area contributed by atoms with E-state index in [9.17, 15) is 9.59 Å². The van der Waals surface area contributed by atoms with E-state index in [0.29, 0.717) is 18.9 Å². The van der Waals surface area contributed by atoms with Crippen molar-refractivity contribution in [3.05, 3.63) is 59.5 Å². The number of nitrogens with one attached hydrogen (secondary N) is 1. The predicted octanol–water partition coefficient (Wildman–Crippen LogP) is 2.73. The molecule has 1 saturated heterocycles. The summed E-state index contributed by atoms with van der Waals surface area (Å²) in [6.45, 7) is 2.85. The second-order valence-electron chi connectivity index (χ2n) is 7.75. The average molecular weight is 418 g/mol. The van der Waals surface area contributed by atoms with Crippen LogP contribution in [0.2, 0.25) is 0 Å². The van der Waals surface area contributed by atoms with Gasteiger partial charge in [0.1, 0.15) is 6.04 Å². The number of furan rings is 1. The highest BCUT2D eigenvalue weighted by molar-refractivity contribution is 5.96. The summed E-state index contributed by atoms with van der Waals surface area (Å²) in [4.78, 5) is 30.2. The molecule has 2 atom stereocenters. The first-order valence-corrected chi connectivity index (χ1v) is 10.0. The number of hydrogen-bond acceptors (Lipinski definition) is 4. The molecule has 1 fully saturated rings. The van der Waals surface area contributed by atoms with E-state index in [-0.39, 0.29) is 30.0 Å². The minimum absolute atomic E-state index is 0. The Bertz CT molecular complexity index is 838. The van der Waals surface area contributed by atoms with Gasteiger partial charge in [0.05, 0.1) is 6.26 Å². The lowest BCUT2D eigenvalue weighted by molar-refractivity contribution is -0.138. The van der Waals surface area contributed by atoms with Crippen LogP contribution in [0, 0.1) is 5.92 Å². The van der Waals surface area contributed by atoms with E-state index in [1.807, 2.05) is 30.1 Å². The van der Waals surface area contributed by atoms with E-state index < -0.39 is 6.04 Å². The Balaban J connectivity index is 0.00000240. The Morgan fingerprint density at radius 2 is 1.97 bits per heavy atom. The van der Waals surface area contributed by atoms with E-state index in [1.54, 1.807) is 17.0 Å². The Hall–Kier alpha value is -2.31. The number of benzene rings is 1. The number of piperidine rings is 1. The average Bonchev–Trinajstić information content (AvgIpc) is 3.27. The van der Waals surface area contributed by atoms with Crippen LogP contribution in [0.25, 0.3) is 0 Å². The van der Waals surface area contributed by atoms with Crippen molar-refractivity contribution in [3.8, 4) is 0 Å². The molecule has 1 N–H and O–H groups in total. The van der Waals surface area contributed by atoms with Crippen LogP contribution in [0.4, 0.5) is 0 Å². The first-order chi connectivity index (χ1) is 13.7. The van der Waals surface area contributed by atoms with E-state index in [4.69, 9.17) is 4.42 Å². The Kier molecular flexibility index (Phi) is 6.98. The van der Waals surface area contributed by atoms with Gasteiger partial charge >= 0.3 is 0 Å². The fraction of sp³-hybridized carbons (Fsp3) is 0.455. The van der Waals surface area contributed by atoms with Crippen molar-refractivity contribution in [1.82, 2.24) is 15.1 Å². The topological polar surface area (TPSA) is 65.8 Å². The molecule has 29 heavy (non-hydrogen) atoms. The van der Waals surface area contributed by atoms with Crippen LogP contribution in [0.15, 0.2) is 47.1 Å². The maximum atomic E-state index is 13.5. The number of halogens is 1. The fourth-order valence-electron chi connectivity index (χ4n) is 4.43. The van der Waals surface area contributed by atoms with Crippen molar-refractivity contribution in [2.24, 2.45) is 5.92 Å². The maximum absolute atomic E-state index is 13.5. The molecule has 0 bridgehead atoms. The third-order valence-electron chi connectivity index (χ3n) is 5.85. The van der Waals surface area contributed by atoms with Gasteiger partial charge < -0.3 is 19.5 Å². The number of carbonyl (C=O) groups excluding carboxylic acids is 2. The highest BCUT2D eigenvalue weighted by atomic mass is 35.5. The largest absolute Gasteiger partial charge is 0.459 e. The zero-order chi connectivity index (χ0) is 19.5.